The largest absolute Gasteiger partial charge is 0.474 e. The zero-order chi connectivity index (χ0) is 24.3. The molecule has 1 aliphatic carbocycles. The molecule has 0 bridgehead atoms. The van der Waals surface area contributed by atoms with Crippen molar-refractivity contribution in [2.24, 2.45) is 0 Å². The van der Waals surface area contributed by atoms with E-state index in [1.54, 1.807) is 24.5 Å². The molecule has 186 valence electrons. The molecule has 0 amide bonds. The lowest BCUT2D eigenvalue weighted by Crippen LogP contribution is -2.37. The Hall–Kier alpha value is -3.25. The third-order valence-electron chi connectivity index (χ3n) is 6.12. The van der Waals surface area contributed by atoms with E-state index in [0.717, 1.165) is 50.8 Å². The minimum atomic E-state index is -3.43. The zero-order valence-electron chi connectivity index (χ0n) is 19.6. The molecular weight excluding hydrogens is 470 g/mol. The summed E-state index contributed by atoms with van der Waals surface area (Å²) in [6.45, 7) is 2.76. The van der Waals surface area contributed by atoms with Crippen LogP contribution < -0.4 is 19.7 Å². The average Bonchev–Trinajstić information content (AvgIpc) is 2.85. The summed E-state index contributed by atoms with van der Waals surface area (Å²) < 4.78 is 37.9. The van der Waals surface area contributed by atoms with E-state index >= 15 is 0 Å². The van der Waals surface area contributed by atoms with Gasteiger partial charge in [-0.2, -0.15) is 4.98 Å². The first-order valence-electron chi connectivity index (χ1n) is 11.7. The van der Waals surface area contributed by atoms with Crippen molar-refractivity contribution in [1.82, 2.24) is 19.9 Å². The maximum absolute atomic E-state index is 11.7. The zero-order valence-corrected chi connectivity index (χ0v) is 20.4. The summed E-state index contributed by atoms with van der Waals surface area (Å²) in [6, 6.07) is 5.73. The molecular formula is C23H29N7O4S. The highest BCUT2D eigenvalue weighted by molar-refractivity contribution is 7.92. The summed E-state index contributed by atoms with van der Waals surface area (Å²) in [6.07, 6.45) is 9.61. The van der Waals surface area contributed by atoms with Gasteiger partial charge in [-0.3, -0.25) is 9.71 Å². The molecule has 5 rings (SSSR count). The summed E-state index contributed by atoms with van der Waals surface area (Å²) in [5, 5.41) is 4.06. The highest BCUT2D eigenvalue weighted by atomic mass is 32.2. The number of pyridine rings is 2. The Kier molecular flexibility index (Phi) is 6.82. The number of sulfonamides is 1. The molecule has 1 saturated carbocycles. The Morgan fingerprint density at radius 3 is 2.51 bits per heavy atom. The van der Waals surface area contributed by atoms with Crippen molar-refractivity contribution in [1.29, 1.82) is 0 Å². The minimum Gasteiger partial charge on any atom is -0.474 e. The lowest BCUT2D eigenvalue weighted by molar-refractivity contribution is 0.122. The van der Waals surface area contributed by atoms with E-state index in [-0.39, 0.29) is 12.1 Å². The number of nitrogens with zero attached hydrogens (tertiary/aromatic N) is 5. The average molecular weight is 500 g/mol. The maximum atomic E-state index is 11.7. The van der Waals surface area contributed by atoms with Crippen LogP contribution in [0.4, 0.5) is 17.5 Å². The Morgan fingerprint density at radius 2 is 1.80 bits per heavy atom. The van der Waals surface area contributed by atoms with Gasteiger partial charge >= 0.3 is 0 Å². The van der Waals surface area contributed by atoms with Gasteiger partial charge in [-0.25, -0.2) is 18.4 Å². The maximum Gasteiger partial charge on any atom is 0.229 e. The van der Waals surface area contributed by atoms with Gasteiger partial charge in [0.15, 0.2) is 0 Å². The Labute approximate surface area is 204 Å². The number of hydrogen-bond acceptors (Lipinski definition) is 10. The number of hydrogen-bond donors (Lipinski definition) is 2. The molecule has 0 aromatic carbocycles. The molecule has 3 aromatic rings. The van der Waals surface area contributed by atoms with Gasteiger partial charge in [-0.05, 0) is 37.8 Å². The van der Waals surface area contributed by atoms with E-state index in [4.69, 9.17) is 14.5 Å². The number of rotatable bonds is 7. The van der Waals surface area contributed by atoms with E-state index in [1.807, 2.05) is 6.07 Å². The second-order valence-corrected chi connectivity index (χ2v) is 10.6. The topological polar surface area (TPSA) is 131 Å². The first kappa shape index (κ1) is 23.5. The van der Waals surface area contributed by atoms with Gasteiger partial charge in [-0.1, -0.05) is 0 Å². The van der Waals surface area contributed by atoms with Crippen molar-refractivity contribution in [3.8, 4) is 5.88 Å². The Morgan fingerprint density at radius 1 is 1.06 bits per heavy atom. The summed E-state index contributed by atoms with van der Waals surface area (Å²) in [7, 11) is -3.43. The lowest BCUT2D eigenvalue weighted by atomic mass is 9.93. The number of ether oxygens (including phenoxy) is 2. The molecule has 35 heavy (non-hydrogen) atoms. The van der Waals surface area contributed by atoms with Crippen molar-refractivity contribution >= 4 is 38.4 Å². The van der Waals surface area contributed by atoms with Crippen molar-refractivity contribution < 1.29 is 17.9 Å². The number of fused-ring (bicyclic) bond motifs is 1. The monoisotopic (exact) mass is 499 g/mol. The summed E-state index contributed by atoms with van der Waals surface area (Å²) in [4.78, 5) is 20.0. The van der Waals surface area contributed by atoms with E-state index in [2.05, 4.69) is 29.9 Å². The van der Waals surface area contributed by atoms with Gasteiger partial charge in [0.25, 0.3) is 0 Å². The second-order valence-electron chi connectivity index (χ2n) is 8.86. The van der Waals surface area contributed by atoms with Crippen LogP contribution in [0.2, 0.25) is 0 Å². The molecule has 4 heterocycles. The molecule has 0 atom stereocenters. The molecule has 0 unspecified atom stereocenters. The fourth-order valence-electron chi connectivity index (χ4n) is 4.43. The fraction of sp³-hybridized carbons (Fsp3) is 0.478. The van der Waals surface area contributed by atoms with Crippen LogP contribution in [0.1, 0.15) is 25.7 Å². The summed E-state index contributed by atoms with van der Waals surface area (Å²) in [5.74, 6) is 1.89. The highest BCUT2D eigenvalue weighted by Crippen LogP contribution is 2.33. The fourth-order valence-corrected chi connectivity index (χ4v) is 4.97. The van der Waals surface area contributed by atoms with E-state index in [0.29, 0.717) is 41.6 Å². The van der Waals surface area contributed by atoms with Crippen molar-refractivity contribution in [3.63, 3.8) is 0 Å². The smallest absolute Gasteiger partial charge is 0.229 e. The van der Waals surface area contributed by atoms with Crippen LogP contribution in [0.15, 0.2) is 36.8 Å². The van der Waals surface area contributed by atoms with Crippen molar-refractivity contribution in [2.45, 2.75) is 37.8 Å². The van der Waals surface area contributed by atoms with Crippen molar-refractivity contribution in [3.05, 3.63) is 36.8 Å². The van der Waals surface area contributed by atoms with E-state index in [9.17, 15) is 8.42 Å². The molecule has 0 spiro atoms. The third kappa shape index (κ3) is 6.06. The molecule has 0 radical (unpaired) electrons. The molecule has 3 aromatic heterocycles. The number of anilines is 3. The molecule has 1 aliphatic heterocycles. The number of morpholine rings is 1. The van der Waals surface area contributed by atoms with Crippen LogP contribution in [0.3, 0.4) is 0 Å². The molecule has 2 fully saturated rings. The molecule has 12 heteroatoms. The van der Waals surface area contributed by atoms with Gasteiger partial charge < -0.3 is 19.7 Å². The highest BCUT2D eigenvalue weighted by Gasteiger charge is 2.25. The first-order chi connectivity index (χ1) is 16.9. The lowest BCUT2D eigenvalue weighted by Gasteiger charge is -2.31. The van der Waals surface area contributed by atoms with Gasteiger partial charge in [0.05, 0.1) is 42.3 Å². The van der Waals surface area contributed by atoms with Crippen LogP contribution in [0.25, 0.3) is 10.9 Å². The van der Waals surface area contributed by atoms with Crippen LogP contribution in [0.5, 0.6) is 5.88 Å². The van der Waals surface area contributed by atoms with Crippen LogP contribution in [-0.4, -0.2) is 73.1 Å². The minimum absolute atomic E-state index is 0.00750. The van der Waals surface area contributed by atoms with Gasteiger partial charge in [0, 0.05) is 37.6 Å². The molecule has 2 N–H and O–H groups in total. The number of nitrogens with one attached hydrogen (secondary N) is 2. The summed E-state index contributed by atoms with van der Waals surface area (Å²) in [5.41, 5.74) is 1.08. The van der Waals surface area contributed by atoms with Crippen LogP contribution in [-0.2, 0) is 14.8 Å². The third-order valence-corrected chi connectivity index (χ3v) is 6.73. The SMILES string of the molecule is CS(=O)(=O)Nc1cnc2cc(N3CCOCC3)nc(OC3CCC(Nc4ncccn4)CC3)c2c1. The Balaban J connectivity index is 1.37. The second kappa shape index (κ2) is 10.2. The molecule has 1 saturated heterocycles. The predicted molar refractivity (Wildman–Crippen MR) is 133 cm³/mol. The quantitative estimate of drug-likeness (QED) is 0.499. The Bertz CT molecular complexity index is 1260. The van der Waals surface area contributed by atoms with Crippen LogP contribution in [0, 0.1) is 0 Å². The van der Waals surface area contributed by atoms with E-state index in [1.165, 1.54) is 6.20 Å². The molecule has 2 aliphatic rings. The van der Waals surface area contributed by atoms with Crippen molar-refractivity contribution in [2.75, 3.05) is 47.5 Å². The van der Waals surface area contributed by atoms with E-state index < -0.39 is 10.0 Å². The predicted octanol–water partition coefficient (Wildman–Crippen LogP) is 2.43. The van der Waals surface area contributed by atoms with Gasteiger partial charge in [0.2, 0.25) is 21.9 Å². The number of aromatic nitrogens is 4. The van der Waals surface area contributed by atoms with Crippen LogP contribution >= 0.6 is 0 Å². The molecule has 11 nitrogen and oxygen atoms in total. The van der Waals surface area contributed by atoms with Gasteiger partial charge in [-0.15, -0.1) is 0 Å². The normalized spacial score (nSPS) is 21.0. The first-order valence-corrected chi connectivity index (χ1v) is 13.6. The standard InChI is InChI=1S/C23H29N7O4S/c1-35(31,32)29-17-13-19-20(26-15-17)14-21(30-9-11-33-12-10-30)28-22(19)34-18-5-3-16(4-6-18)27-23-24-7-2-8-25-23/h2,7-8,13-16,18,29H,3-6,9-12H2,1H3,(H,24,25,27). The van der Waals surface area contributed by atoms with Gasteiger partial charge in [0.1, 0.15) is 11.9 Å². The summed E-state index contributed by atoms with van der Waals surface area (Å²) >= 11 is 0.